The normalized spacial score (nSPS) is 29.7. The molecule has 6 heteroatoms. The summed E-state index contributed by atoms with van der Waals surface area (Å²) in [6, 6.07) is 0.648. The highest BCUT2D eigenvalue weighted by molar-refractivity contribution is 6.05. The molecule has 26 heavy (non-hydrogen) atoms. The summed E-state index contributed by atoms with van der Waals surface area (Å²) in [4.78, 5) is 40.7. The molecule has 1 N–H and O–H groups in total. The van der Waals surface area contributed by atoms with Gasteiger partial charge < -0.3 is 10.2 Å². The zero-order chi connectivity index (χ0) is 18.5. The molecular weight excluding hydrogens is 330 g/mol. The Bertz CT molecular complexity index is 512. The Balaban J connectivity index is 1.34. The largest absolute Gasteiger partial charge is 0.356 e. The van der Waals surface area contributed by atoms with Crippen molar-refractivity contribution in [3.63, 3.8) is 0 Å². The van der Waals surface area contributed by atoms with E-state index in [1.165, 1.54) is 24.2 Å². The van der Waals surface area contributed by atoms with Gasteiger partial charge in [-0.2, -0.15) is 0 Å². The van der Waals surface area contributed by atoms with Crippen LogP contribution in [0.5, 0.6) is 0 Å². The van der Waals surface area contributed by atoms with Gasteiger partial charge in [0.25, 0.3) is 0 Å². The summed E-state index contributed by atoms with van der Waals surface area (Å²) >= 11 is 0. The highest BCUT2D eigenvalue weighted by atomic mass is 16.2. The van der Waals surface area contributed by atoms with Crippen LogP contribution in [-0.4, -0.2) is 59.7 Å². The molecule has 0 aromatic carbocycles. The van der Waals surface area contributed by atoms with Crippen molar-refractivity contribution in [3.05, 3.63) is 0 Å². The van der Waals surface area contributed by atoms with Crippen LogP contribution in [0.1, 0.15) is 64.7 Å². The van der Waals surface area contributed by atoms with Gasteiger partial charge in [-0.3, -0.25) is 19.3 Å². The minimum Gasteiger partial charge on any atom is -0.356 e. The second kappa shape index (κ2) is 8.98. The molecule has 0 spiro atoms. The van der Waals surface area contributed by atoms with Crippen LogP contribution in [0.25, 0.3) is 0 Å². The number of nitrogens with zero attached hydrogens (tertiary/aromatic N) is 2. The maximum absolute atomic E-state index is 12.4. The maximum atomic E-state index is 12.4. The third kappa shape index (κ3) is 4.45. The molecule has 3 amide bonds. The van der Waals surface area contributed by atoms with E-state index in [0.29, 0.717) is 12.6 Å². The van der Waals surface area contributed by atoms with Crippen LogP contribution in [-0.2, 0) is 14.4 Å². The second-order valence-corrected chi connectivity index (χ2v) is 8.16. The van der Waals surface area contributed by atoms with Gasteiger partial charge in [-0.15, -0.1) is 0 Å². The third-order valence-corrected chi connectivity index (χ3v) is 6.38. The summed E-state index contributed by atoms with van der Waals surface area (Å²) in [5.41, 5.74) is 0. The van der Waals surface area contributed by atoms with Crippen molar-refractivity contribution in [2.75, 3.05) is 26.2 Å². The van der Waals surface area contributed by atoms with E-state index < -0.39 is 0 Å². The van der Waals surface area contributed by atoms with Crippen LogP contribution in [0.3, 0.4) is 0 Å². The number of nitrogens with one attached hydrogen (secondary N) is 1. The summed E-state index contributed by atoms with van der Waals surface area (Å²) < 4.78 is 0. The molecule has 0 aromatic heterocycles. The van der Waals surface area contributed by atoms with E-state index in [1.807, 2.05) is 0 Å². The van der Waals surface area contributed by atoms with E-state index in [4.69, 9.17) is 0 Å². The number of amides is 3. The van der Waals surface area contributed by atoms with Gasteiger partial charge in [0.15, 0.2) is 0 Å². The summed E-state index contributed by atoms with van der Waals surface area (Å²) in [6.45, 7) is 5.36. The molecule has 1 aliphatic carbocycles. The molecule has 3 unspecified atom stereocenters. The standard InChI is InChI=1S/C20H33N3O3/c1-15-7-4-5-12-22(15)13-6-11-21-18(24)10-14-23-19(25)16-8-2-3-9-17(16)20(23)26/h15-17H,2-14H2,1H3,(H,21,24). The van der Waals surface area contributed by atoms with Gasteiger partial charge in [0, 0.05) is 32.1 Å². The van der Waals surface area contributed by atoms with Crippen LogP contribution in [0.15, 0.2) is 0 Å². The molecule has 0 aromatic rings. The fraction of sp³-hybridized carbons (Fsp3) is 0.850. The quantitative estimate of drug-likeness (QED) is 0.554. The SMILES string of the molecule is CC1CCCCN1CCCNC(=O)CCN1C(=O)C2CCCCC2C1=O. The predicted octanol–water partition coefficient (Wildman–Crippen LogP) is 1.93. The summed E-state index contributed by atoms with van der Waals surface area (Å²) in [5.74, 6) is -0.401. The first kappa shape index (κ1) is 19.3. The monoisotopic (exact) mass is 363 g/mol. The van der Waals surface area contributed by atoms with Gasteiger partial charge in [-0.05, 0) is 45.6 Å². The molecule has 3 aliphatic rings. The fourth-order valence-corrected chi connectivity index (χ4v) is 4.75. The Morgan fingerprint density at radius 2 is 1.65 bits per heavy atom. The molecule has 1 saturated carbocycles. The number of carbonyl (C=O) groups excluding carboxylic acids is 3. The molecule has 2 aliphatic heterocycles. The number of likely N-dealkylation sites (tertiary alicyclic amines) is 2. The zero-order valence-electron chi connectivity index (χ0n) is 16.0. The molecule has 0 bridgehead atoms. The van der Waals surface area contributed by atoms with E-state index in [9.17, 15) is 14.4 Å². The van der Waals surface area contributed by atoms with Crippen LogP contribution >= 0.6 is 0 Å². The third-order valence-electron chi connectivity index (χ3n) is 6.38. The lowest BCUT2D eigenvalue weighted by Gasteiger charge is -2.33. The van der Waals surface area contributed by atoms with Crippen molar-refractivity contribution in [3.8, 4) is 0 Å². The summed E-state index contributed by atoms with van der Waals surface area (Å²) in [7, 11) is 0. The van der Waals surface area contributed by atoms with E-state index in [1.54, 1.807) is 0 Å². The minimum atomic E-state index is -0.120. The van der Waals surface area contributed by atoms with E-state index >= 15 is 0 Å². The second-order valence-electron chi connectivity index (χ2n) is 8.16. The Morgan fingerprint density at radius 3 is 2.31 bits per heavy atom. The first-order valence-corrected chi connectivity index (χ1v) is 10.4. The van der Waals surface area contributed by atoms with Gasteiger partial charge in [0.1, 0.15) is 0 Å². The Labute approximate surface area is 156 Å². The van der Waals surface area contributed by atoms with Gasteiger partial charge in [-0.25, -0.2) is 0 Å². The van der Waals surface area contributed by atoms with Gasteiger partial charge in [0.2, 0.25) is 17.7 Å². The minimum absolute atomic E-state index is 0.0495. The van der Waals surface area contributed by atoms with Gasteiger partial charge >= 0.3 is 0 Å². The molecule has 146 valence electrons. The Hall–Kier alpha value is -1.43. The lowest BCUT2D eigenvalue weighted by Crippen LogP contribution is -2.39. The highest BCUT2D eigenvalue weighted by Gasteiger charge is 2.47. The van der Waals surface area contributed by atoms with Crippen LogP contribution in [0, 0.1) is 11.8 Å². The van der Waals surface area contributed by atoms with Crippen LogP contribution < -0.4 is 5.32 Å². The van der Waals surface area contributed by atoms with Crippen molar-refractivity contribution in [2.24, 2.45) is 11.8 Å². The topological polar surface area (TPSA) is 69.7 Å². The van der Waals surface area contributed by atoms with E-state index in [2.05, 4.69) is 17.1 Å². The molecule has 3 rings (SSSR count). The number of carbonyl (C=O) groups is 3. The highest BCUT2D eigenvalue weighted by Crippen LogP contribution is 2.37. The summed E-state index contributed by atoms with van der Waals surface area (Å²) in [6.07, 6.45) is 8.75. The Kier molecular flexibility index (Phi) is 6.68. The van der Waals surface area contributed by atoms with Crippen LogP contribution in [0.2, 0.25) is 0 Å². The Morgan fingerprint density at radius 1 is 1.00 bits per heavy atom. The lowest BCUT2D eigenvalue weighted by atomic mass is 9.81. The fourth-order valence-electron chi connectivity index (χ4n) is 4.75. The summed E-state index contributed by atoms with van der Waals surface area (Å²) in [5, 5.41) is 2.94. The smallest absolute Gasteiger partial charge is 0.233 e. The van der Waals surface area contributed by atoms with Crippen LogP contribution in [0.4, 0.5) is 0 Å². The number of imide groups is 1. The van der Waals surface area contributed by atoms with Crippen molar-refractivity contribution in [2.45, 2.75) is 70.8 Å². The van der Waals surface area contributed by atoms with Gasteiger partial charge in [-0.1, -0.05) is 19.3 Å². The van der Waals surface area contributed by atoms with E-state index in [0.717, 1.165) is 45.2 Å². The number of rotatable bonds is 7. The maximum Gasteiger partial charge on any atom is 0.233 e. The zero-order valence-corrected chi connectivity index (χ0v) is 16.0. The number of fused-ring (bicyclic) bond motifs is 1. The van der Waals surface area contributed by atoms with Crippen molar-refractivity contribution < 1.29 is 14.4 Å². The molecule has 3 fully saturated rings. The first-order chi connectivity index (χ1) is 12.6. The molecule has 3 atom stereocenters. The lowest BCUT2D eigenvalue weighted by molar-refractivity contribution is -0.140. The molecule has 0 radical (unpaired) electrons. The molecule has 2 saturated heterocycles. The van der Waals surface area contributed by atoms with Crippen molar-refractivity contribution >= 4 is 17.7 Å². The van der Waals surface area contributed by atoms with Gasteiger partial charge in [0.05, 0.1) is 11.8 Å². The number of hydrogen-bond donors (Lipinski definition) is 1. The molecule has 6 nitrogen and oxygen atoms in total. The molecular formula is C20H33N3O3. The molecule has 2 heterocycles. The predicted molar refractivity (Wildman–Crippen MR) is 99.3 cm³/mol. The number of piperidine rings is 1. The van der Waals surface area contributed by atoms with Crippen molar-refractivity contribution in [1.29, 1.82) is 0 Å². The average molecular weight is 364 g/mol. The first-order valence-electron chi connectivity index (χ1n) is 10.4. The van der Waals surface area contributed by atoms with E-state index in [-0.39, 0.29) is 42.5 Å². The van der Waals surface area contributed by atoms with Crippen molar-refractivity contribution in [1.82, 2.24) is 15.1 Å². The average Bonchev–Trinajstić information content (AvgIpc) is 2.89. The number of hydrogen-bond acceptors (Lipinski definition) is 4.